The van der Waals surface area contributed by atoms with Gasteiger partial charge in [0.05, 0.1) is 10.1 Å². The SMILES string of the molecule is CCC(C)CC/C=C(/C)CC(/C=C(\C)CC/C=C(\C)CCl)S(=O)(=O)c1ccc(C)cc1. The molecule has 2 atom stereocenters. The van der Waals surface area contributed by atoms with Gasteiger partial charge >= 0.3 is 0 Å². The maximum atomic E-state index is 13.5. The molecule has 0 aliphatic carbocycles. The summed E-state index contributed by atoms with van der Waals surface area (Å²) in [6.45, 7) is 12.6. The lowest BCUT2D eigenvalue weighted by atomic mass is 10.0. The molecule has 0 bridgehead atoms. The van der Waals surface area contributed by atoms with Crippen LogP contribution in [0.3, 0.4) is 0 Å². The fourth-order valence-electron chi connectivity index (χ4n) is 3.38. The molecule has 0 saturated carbocycles. The first-order chi connectivity index (χ1) is 14.6. The highest BCUT2D eigenvalue weighted by atomic mass is 35.5. The van der Waals surface area contributed by atoms with Crippen LogP contribution in [0.2, 0.25) is 0 Å². The van der Waals surface area contributed by atoms with E-state index >= 15 is 0 Å². The van der Waals surface area contributed by atoms with Crippen molar-refractivity contribution < 1.29 is 8.42 Å². The average molecular weight is 465 g/mol. The zero-order valence-corrected chi connectivity index (χ0v) is 21.8. The minimum absolute atomic E-state index is 0.400. The molecule has 2 nitrogen and oxygen atoms in total. The fourth-order valence-corrected chi connectivity index (χ4v) is 5.25. The van der Waals surface area contributed by atoms with Gasteiger partial charge in [0.2, 0.25) is 0 Å². The first kappa shape index (κ1) is 27.7. The summed E-state index contributed by atoms with van der Waals surface area (Å²) in [5.74, 6) is 1.23. The molecule has 1 aromatic carbocycles. The lowest BCUT2D eigenvalue weighted by Gasteiger charge is -2.17. The monoisotopic (exact) mass is 464 g/mol. The molecule has 174 valence electrons. The van der Waals surface area contributed by atoms with Crippen molar-refractivity contribution in [1.82, 2.24) is 0 Å². The second-order valence-electron chi connectivity index (χ2n) is 8.98. The highest BCUT2D eigenvalue weighted by molar-refractivity contribution is 7.92. The van der Waals surface area contributed by atoms with Crippen LogP contribution in [0.5, 0.6) is 0 Å². The van der Waals surface area contributed by atoms with Crippen molar-refractivity contribution in [2.45, 2.75) is 90.2 Å². The van der Waals surface area contributed by atoms with Crippen LogP contribution in [-0.2, 0) is 9.84 Å². The number of hydrogen-bond acceptors (Lipinski definition) is 2. The Balaban J connectivity index is 3.10. The van der Waals surface area contributed by atoms with Crippen LogP contribution in [0.15, 0.2) is 64.1 Å². The Morgan fingerprint density at radius 3 is 2.19 bits per heavy atom. The van der Waals surface area contributed by atoms with Crippen LogP contribution in [0.4, 0.5) is 0 Å². The molecule has 0 fully saturated rings. The van der Waals surface area contributed by atoms with E-state index in [9.17, 15) is 8.42 Å². The Labute approximate surface area is 196 Å². The molecule has 0 amide bonds. The summed E-state index contributed by atoms with van der Waals surface area (Å²) < 4.78 is 26.9. The molecule has 0 aromatic heterocycles. The minimum atomic E-state index is -3.45. The van der Waals surface area contributed by atoms with Crippen LogP contribution in [0.25, 0.3) is 0 Å². The van der Waals surface area contributed by atoms with Crippen molar-refractivity contribution in [2.75, 3.05) is 5.88 Å². The van der Waals surface area contributed by atoms with Gasteiger partial charge in [0, 0.05) is 5.88 Å². The molecule has 0 radical (unpaired) electrons. The van der Waals surface area contributed by atoms with Crippen LogP contribution in [0.1, 0.15) is 78.7 Å². The van der Waals surface area contributed by atoms with Gasteiger partial charge in [0.15, 0.2) is 9.84 Å². The maximum absolute atomic E-state index is 13.5. The van der Waals surface area contributed by atoms with Gasteiger partial charge < -0.3 is 0 Å². The van der Waals surface area contributed by atoms with Gasteiger partial charge in [-0.2, -0.15) is 0 Å². The lowest BCUT2D eigenvalue weighted by Crippen LogP contribution is -2.20. The summed E-state index contributed by atoms with van der Waals surface area (Å²) in [4.78, 5) is 0.400. The van der Waals surface area contributed by atoms with E-state index in [2.05, 4.69) is 32.9 Å². The molecule has 1 aromatic rings. The van der Waals surface area contributed by atoms with Gasteiger partial charge in [0.1, 0.15) is 0 Å². The van der Waals surface area contributed by atoms with Gasteiger partial charge in [-0.15, -0.1) is 11.6 Å². The average Bonchev–Trinajstić information content (AvgIpc) is 2.73. The van der Waals surface area contributed by atoms with Crippen LogP contribution in [0, 0.1) is 12.8 Å². The van der Waals surface area contributed by atoms with E-state index in [4.69, 9.17) is 11.6 Å². The third-order valence-electron chi connectivity index (χ3n) is 5.83. The number of hydrogen-bond donors (Lipinski definition) is 0. The molecule has 0 heterocycles. The Morgan fingerprint density at radius 1 is 1.00 bits per heavy atom. The summed E-state index contributed by atoms with van der Waals surface area (Å²) in [6, 6.07) is 7.20. The van der Waals surface area contributed by atoms with E-state index in [1.54, 1.807) is 12.1 Å². The van der Waals surface area contributed by atoms with E-state index in [-0.39, 0.29) is 0 Å². The van der Waals surface area contributed by atoms with Gasteiger partial charge in [0.25, 0.3) is 0 Å². The summed E-state index contributed by atoms with van der Waals surface area (Å²) in [5, 5.41) is -0.548. The second kappa shape index (κ2) is 14.0. The molecule has 1 rings (SSSR count). The number of aryl methyl sites for hydroxylation is 1. The predicted molar refractivity (Wildman–Crippen MR) is 137 cm³/mol. The molecule has 31 heavy (non-hydrogen) atoms. The third kappa shape index (κ3) is 10.2. The molecular formula is C27H41ClO2S. The van der Waals surface area contributed by atoms with Crippen LogP contribution < -0.4 is 0 Å². The zero-order valence-electron chi connectivity index (χ0n) is 20.2. The van der Waals surface area contributed by atoms with Crippen molar-refractivity contribution in [3.8, 4) is 0 Å². The van der Waals surface area contributed by atoms with Crippen molar-refractivity contribution >= 4 is 21.4 Å². The number of alkyl halides is 1. The number of halogens is 1. The van der Waals surface area contributed by atoms with E-state index in [0.29, 0.717) is 23.1 Å². The number of benzene rings is 1. The standard InChI is InChI=1S/C27H41ClO2S/c1-7-21(2)10-8-11-23(4)18-27(19-24(5)12-9-13-25(6)20-28)31(29,30)26-16-14-22(3)15-17-26/h11,13-17,19,21,27H,7-10,12,18,20H2,1-6H3/b23-11-,24-19+,25-13+. The molecule has 0 aliphatic heterocycles. The van der Waals surface area contributed by atoms with Crippen molar-refractivity contribution in [3.63, 3.8) is 0 Å². The summed E-state index contributed by atoms with van der Waals surface area (Å²) in [7, 11) is -3.45. The quantitative estimate of drug-likeness (QED) is 0.217. The van der Waals surface area contributed by atoms with Crippen LogP contribution >= 0.6 is 11.6 Å². The summed E-state index contributed by atoms with van der Waals surface area (Å²) >= 11 is 5.85. The second-order valence-corrected chi connectivity index (χ2v) is 11.4. The van der Waals surface area contributed by atoms with Crippen molar-refractivity contribution in [3.05, 3.63) is 64.8 Å². The Kier molecular flexibility index (Phi) is 12.5. The van der Waals surface area contributed by atoms with Gasteiger partial charge in [-0.1, -0.05) is 72.9 Å². The Morgan fingerprint density at radius 2 is 1.61 bits per heavy atom. The fraction of sp³-hybridized carbons (Fsp3) is 0.556. The van der Waals surface area contributed by atoms with Crippen molar-refractivity contribution in [2.24, 2.45) is 5.92 Å². The normalized spacial score (nSPS) is 15.8. The van der Waals surface area contributed by atoms with Gasteiger partial charge in [-0.05, 0) is 77.8 Å². The largest absolute Gasteiger partial charge is 0.223 e. The predicted octanol–water partition coefficient (Wildman–Crippen LogP) is 8.21. The number of sulfone groups is 1. The van der Waals surface area contributed by atoms with Crippen LogP contribution in [-0.4, -0.2) is 19.5 Å². The molecule has 0 N–H and O–H groups in total. The molecule has 4 heteroatoms. The number of allylic oxidation sites excluding steroid dienone is 5. The maximum Gasteiger partial charge on any atom is 0.185 e. The van der Waals surface area contributed by atoms with E-state index in [1.165, 1.54) is 6.42 Å². The highest BCUT2D eigenvalue weighted by Crippen LogP contribution is 2.25. The molecule has 0 aliphatic rings. The Bertz CT molecular complexity index is 861. The first-order valence-electron chi connectivity index (χ1n) is 11.4. The van der Waals surface area contributed by atoms with E-state index < -0.39 is 15.1 Å². The Hall–Kier alpha value is -1.32. The molecule has 2 unspecified atom stereocenters. The zero-order chi connectivity index (χ0) is 23.4. The van der Waals surface area contributed by atoms with Gasteiger partial charge in [-0.3, -0.25) is 0 Å². The number of rotatable bonds is 13. The van der Waals surface area contributed by atoms with E-state index in [1.807, 2.05) is 39.0 Å². The topological polar surface area (TPSA) is 34.1 Å². The first-order valence-corrected chi connectivity index (χ1v) is 13.5. The summed E-state index contributed by atoms with van der Waals surface area (Å²) in [5.41, 5.74) is 4.46. The molecule has 0 spiro atoms. The minimum Gasteiger partial charge on any atom is -0.223 e. The van der Waals surface area contributed by atoms with Gasteiger partial charge in [-0.25, -0.2) is 8.42 Å². The van der Waals surface area contributed by atoms with E-state index in [0.717, 1.165) is 48.0 Å². The highest BCUT2D eigenvalue weighted by Gasteiger charge is 2.26. The van der Waals surface area contributed by atoms with Crippen molar-refractivity contribution in [1.29, 1.82) is 0 Å². The molecular weight excluding hydrogens is 424 g/mol. The smallest absolute Gasteiger partial charge is 0.185 e. The molecule has 0 saturated heterocycles. The lowest BCUT2D eigenvalue weighted by molar-refractivity contribution is 0.520. The third-order valence-corrected chi connectivity index (χ3v) is 8.28. The summed E-state index contributed by atoms with van der Waals surface area (Å²) in [6.07, 6.45) is 11.9.